The summed E-state index contributed by atoms with van der Waals surface area (Å²) < 4.78 is 5.21. The van der Waals surface area contributed by atoms with Gasteiger partial charge in [-0.05, 0) is 47.1 Å². The molecule has 0 bridgehead atoms. The van der Waals surface area contributed by atoms with E-state index in [9.17, 15) is 4.79 Å². The lowest BCUT2D eigenvalue weighted by atomic mass is 10.0. The minimum absolute atomic E-state index is 0.189. The molecule has 0 aromatic heterocycles. The number of hydrogen-bond donors (Lipinski definition) is 2. The van der Waals surface area contributed by atoms with Gasteiger partial charge in [0.05, 0.1) is 0 Å². The third-order valence-corrected chi connectivity index (χ3v) is 2.46. The van der Waals surface area contributed by atoms with Crippen LogP contribution in [-0.4, -0.2) is 30.3 Å². The van der Waals surface area contributed by atoms with Crippen molar-refractivity contribution in [2.75, 3.05) is 6.54 Å². The van der Waals surface area contributed by atoms with Crippen LogP contribution in [0.5, 0.6) is 0 Å². The molecular weight excluding hydrogens is 192 g/mol. The van der Waals surface area contributed by atoms with Gasteiger partial charge in [-0.1, -0.05) is 0 Å². The Balaban J connectivity index is 2.36. The molecule has 4 heteroatoms. The van der Waals surface area contributed by atoms with E-state index in [0.29, 0.717) is 6.04 Å². The van der Waals surface area contributed by atoms with Gasteiger partial charge in [0, 0.05) is 12.1 Å². The molecule has 1 fully saturated rings. The van der Waals surface area contributed by atoms with Crippen molar-refractivity contribution in [2.45, 2.75) is 58.2 Å². The average molecular weight is 214 g/mol. The largest absolute Gasteiger partial charge is 0.444 e. The van der Waals surface area contributed by atoms with E-state index in [-0.39, 0.29) is 12.1 Å². The van der Waals surface area contributed by atoms with Gasteiger partial charge in [0.1, 0.15) is 5.60 Å². The monoisotopic (exact) mass is 214 g/mol. The van der Waals surface area contributed by atoms with Gasteiger partial charge in [-0.2, -0.15) is 0 Å². The molecule has 0 saturated carbocycles. The Labute approximate surface area is 91.8 Å². The van der Waals surface area contributed by atoms with Crippen LogP contribution in [-0.2, 0) is 4.74 Å². The van der Waals surface area contributed by atoms with E-state index in [4.69, 9.17) is 4.74 Å². The van der Waals surface area contributed by atoms with E-state index in [1.165, 1.54) is 0 Å². The fraction of sp³-hybridized carbons (Fsp3) is 0.909. The van der Waals surface area contributed by atoms with Crippen molar-refractivity contribution in [1.29, 1.82) is 0 Å². The van der Waals surface area contributed by atoms with E-state index >= 15 is 0 Å². The number of piperidine rings is 1. The summed E-state index contributed by atoms with van der Waals surface area (Å²) in [6, 6.07) is 0.514. The average Bonchev–Trinajstić information content (AvgIpc) is 2.05. The maximum absolute atomic E-state index is 11.5. The molecule has 1 rings (SSSR count). The highest BCUT2D eigenvalue weighted by Crippen LogP contribution is 2.11. The fourth-order valence-electron chi connectivity index (χ4n) is 1.70. The van der Waals surface area contributed by atoms with Crippen LogP contribution in [0.15, 0.2) is 0 Å². The van der Waals surface area contributed by atoms with Gasteiger partial charge in [0.25, 0.3) is 0 Å². The Bertz CT molecular complexity index is 223. The zero-order valence-electron chi connectivity index (χ0n) is 10.1. The van der Waals surface area contributed by atoms with Crippen LogP contribution in [0, 0.1) is 0 Å². The van der Waals surface area contributed by atoms with Crippen molar-refractivity contribution in [1.82, 2.24) is 10.6 Å². The summed E-state index contributed by atoms with van der Waals surface area (Å²) in [5, 5.41) is 6.23. The quantitative estimate of drug-likeness (QED) is 0.698. The lowest BCUT2D eigenvalue weighted by Crippen LogP contribution is -2.52. The number of alkyl carbamates (subject to hydrolysis) is 1. The standard InChI is InChI=1S/C11H22N2O2/c1-8-9(6-5-7-12-8)13-10(14)15-11(2,3)4/h8-9,12H,5-7H2,1-4H3,(H,13,14)/t8-,9+/m1/s1. The van der Waals surface area contributed by atoms with Crippen LogP contribution in [0.3, 0.4) is 0 Å². The molecule has 4 nitrogen and oxygen atoms in total. The summed E-state index contributed by atoms with van der Waals surface area (Å²) in [5.41, 5.74) is -0.421. The molecule has 1 aliphatic heterocycles. The van der Waals surface area contributed by atoms with E-state index in [0.717, 1.165) is 19.4 Å². The molecular formula is C11H22N2O2. The smallest absolute Gasteiger partial charge is 0.407 e. The van der Waals surface area contributed by atoms with Crippen LogP contribution in [0.25, 0.3) is 0 Å². The fourth-order valence-corrected chi connectivity index (χ4v) is 1.70. The predicted octanol–water partition coefficient (Wildman–Crippen LogP) is 1.65. The molecule has 1 amide bonds. The van der Waals surface area contributed by atoms with Crippen molar-refractivity contribution in [2.24, 2.45) is 0 Å². The van der Waals surface area contributed by atoms with Gasteiger partial charge >= 0.3 is 6.09 Å². The number of ether oxygens (including phenoxy) is 1. The Morgan fingerprint density at radius 1 is 1.47 bits per heavy atom. The Morgan fingerprint density at radius 3 is 2.67 bits per heavy atom. The maximum atomic E-state index is 11.5. The van der Waals surface area contributed by atoms with Crippen molar-refractivity contribution in [3.8, 4) is 0 Å². The van der Waals surface area contributed by atoms with Crippen LogP contribution in [0.4, 0.5) is 4.79 Å². The number of amides is 1. The molecule has 1 heterocycles. The van der Waals surface area contributed by atoms with E-state index in [2.05, 4.69) is 17.6 Å². The van der Waals surface area contributed by atoms with Crippen molar-refractivity contribution >= 4 is 6.09 Å². The molecule has 0 unspecified atom stereocenters. The molecule has 2 N–H and O–H groups in total. The molecule has 0 aliphatic carbocycles. The van der Waals surface area contributed by atoms with E-state index in [1.807, 2.05) is 20.8 Å². The Morgan fingerprint density at radius 2 is 2.13 bits per heavy atom. The third kappa shape index (κ3) is 4.51. The molecule has 15 heavy (non-hydrogen) atoms. The maximum Gasteiger partial charge on any atom is 0.407 e. The first kappa shape index (κ1) is 12.3. The van der Waals surface area contributed by atoms with Gasteiger partial charge in [-0.25, -0.2) is 4.79 Å². The number of hydrogen-bond acceptors (Lipinski definition) is 3. The van der Waals surface area contributed by atoms with Gasteiger partial charge < -0.3 is 15.4 Å². The van der Waals surface area contributed by atoms with Crippen molar-refractivity contribution in [3.63, 3.8) is 0 Å². The van der Waals surface area contributed by atoms with Gasteiger partial charge in [-0.3, -0.25) is 0 Å². The highest BCUT2D eigenvalue weighted by Gasteiger charge is 2.24. The number of nitrogens with one attached hydrogen (secondary N) is 2. The lowest BCUT2D eigenvalue weighted by molar-refractivity contribution is 0.0484. The zero-order valence-corrected chi connectivity index (χ0v) is 10.1. The number of rotatable bonds is 1. The third-order valence-electron chi connectivity index (χ3n) is 2.46. The Kier molecular flexibility index (Phi) is 3.97. The second kappa shape index (κ2) is 4.84. The molecule has 0 aromatic rings. The topological polar surface area (TPSA) is 50.4 Å². The minimum Gasteiger partial charge on any atom is -0.444 e. The number of carbonyl (C=O) groups is 1. The van der Waals surface area contributed by atoms with Crippen molar-refractivity contribution < 1.29 is 9.53 Å². The first-order chi connectivity index (χ1) is 6.88. The summed E-state index contributed by atoms with van der Waals surface area (Å²) >= 11 is 0. The summed E-state index contributed by atoms with van der Waals surface area (Å²) in [6.45, 7) is 8.73. The SMILES string of the molecule is C[C@H]1NCCC[C@@H]1NC(=O)OC(C)(C)C. The molecule has 1 aliphatic rings. The highest BCUT2D eigenvalue weighted by molar-refractivity contribution is 5.68. The summed E-state index contributed by atoms with van der Waals surface area (Å²) in [6.07, 6.45) is 1.81. The van der Waals surface area contributed by atoms with Crippen molar-refractivity contribution in [3.05, 3.63) is 0 Å². The summed E-state index contributed by atoms with van der Waals surface area (Å²) in [4.78, 5) is 11.5. The molecule has 0 aromatic carbocycles. The second-order valence-corrected chi connectivity index (χ2v) is 5.14. The molecule has 0 radical (unpaired) electrons. The molecule has 1 saturated heterocycles. The lowest BCUT2D eigenvalue weighted by Gasteiger charge is -2.31. The normalized spacial score (nSPS) is 27.2. The van der Waals surface area contributed by atoms with Gasteiger partial charge in [0.2, 0.25) is 0 Å². The molecule has 2 atom stereocenters. The minimum atomic E-state index is -0.421. The number of carbonyl (C=O) groups excluding carboxylic acids is 1. The van der Waals surface area contributed by atoms with E-state index < -0.39 is 5.60 Å². The molecule has 88 valence electrons. The van der Waals surface area contributed by atoms with Crippen LogP contribution < -0.4 is 10.6 Å². The first-order valence-corrected chi connectivity index (χ1v) is 5.61. The van der Waals surface area contributed by atoms with Gasteiger partial charge in [-0.15, -0.1) is 0 Å². The van der Waals surface area contributed by atoms with Crippen LogP contribution in [0.2, 0.25) is 0 Å². The molecule has 0 spiro atoms. The zero-order chi connectivity index (χ0) is 11.5. The predicted molar refractivity (Wildman–Crippen MR) is 59.9 cm³/mol. The summed E-state index contributed by atoms with van der Waals surface area (Å²) in [7, 11) is 0. The van der Waals surface area contributed by atoms with Crippen LogP contribution >= 0.6 is 0 Å². The Hall–Kier alpha value is -0.770. The second-order valence-electron chi connectivity index (χ2n) is 5.14. The first-order valence-electron chi connectivity index (χ1n) is 5.61. The van der Waals surface area contributed by atoms with Gasteiger partial charge in [0.15, 0.2) is 0 Å². The van der Waals surface area contributed by atoms with E-state index in [1.54, 1.807) is 0 Å². The summed E-state index contributed by atoms with van der Waals surface area (Å²) in [5.74, 6) is 0. The van der Waals surface area contributed by atoms with Crippen LogP contribution in [0.1, 0.15) is 40.5 Å². The highest BCUT2D eigenvalue weighted by atomic mass is 16.6.